The summed E-state index contributed by atoms with van der Waals surface area (Å²) in [5.74, 6) is 2.67. The number of aromatic nitrogens is 1. The number of hydrogen-bond acceptors (Lipinski definition) is 5. The van der Waals surface area contributed by atoms with Gasteiger partial charge in [-0.3, -0.25) is 0 Å². The van der Waals surface area contributed by atoms with Gasteiger partial charge in [-0.1, -0.05) is 31.2 Å². The lowest BCUT2D eigenvalue weighted by molar-refractivity contribution is 0.174. The molecule has 27 heavy (non-hydrogen) atoms. The van der Waals surface area contributed by atoms with Gasteiger partial charge in [0.15, 0.2) is 11.5 Å². The van der Waals surface area contributed by atoms with E-state index in [4.69, 9.17) is 14.5 Å². The Hall–Kier alpha value is -2.79. The van der Waals surface area contributed by atoms with Gasteiger partial charge in [-0.05, 0) is 36.2 Å². The van der Waals surface area contributed by atoms with E-state index in [0.717, 1.165) is 61.3 Å². The maximum Gasteiger partial charge on any atom is 0.231 e. The molecule has 5 rings (SSSR count). The first-order chi connectivity index (χ1) is 13.3. The van der Waals surface area contributed by atoms with E-state index >= 15 is 0 Å². The Morgan fingerprint density at radius 2 is 1.74 bits per heavy atom. The highest BCUT2D eigenvalue weighted by atomic mass is 16.7. The Morgan fingerprint density at radius 3 is 2.59 bits per heavy atom. The van der Waals surface area contributed by atoms with E-state index in [1.807, 2.05) is 12.1 Å². The van der Waals surface area contributed by atoms with Crippen LogP contribution in [-0.4, -0.2) is 49.4 Å². The van der Waals surface area contributed by atoms with Gasteiger partial charge in [0, 0.05) is 37.1 Å². The molecule has 1 fully saturated rings. The maximum atomic E-state index is 5.55. The number of piperazine rings is 1. The van der Waals surface area contributed by atoms with Gasteiger partial charge in [0.2, 0.25) is 6.79 Å². The highest BCUT2D eigenvalue weighted by molar-refractivity contribution is 5.95. The van der Waals surface area contributed by atoms with Crippen LogP contribution >= 0.6 is 0 Å². The van der Waals surface area contributed by atoms with Crippen LogP contribution in [0.5, 0.6) is 11.5 Å². The molecule has 1 aromatic heterocycles. The lowest BCUT2D eigenvalue weighted by atomic mass is 10.1. The molecular weight excluding hydrogens is 338 g/mol. The molecule has 0 radical (unpaired) electrons. The summed E-state index contributed by atoms with van der Waals surface area (Å²) in [6, 6.07) is 16.7. The summed E-state index contributed by atoms with van der Waals surface area (Å²) >= 11 is 0. The van der Waals surface area contributed by atoms with E-state index in [-0.39, 0.29) is 6.79 Å². The van der Waals surface area contributed by atoms with Gasteiger partial charge in [-0.2, -0.15) is 0 Å². The highest BCUT2D eigenvalue weighted by Gasteiger charge is 2.20. The fraction of sp³-hybridized carbons (Fsp3) is 0.318. The second-order valence-electron chi connectivity index (χ2n) is 7.04. The van der Waals surface area contributed by atoms with Gasteiger partial charge in [0.05, 0.1) is 5.69 Å². The zero-order chi connectivity index (χ0) is 18.2. The van der Waals surface area contributed by atoms with Gasteiger partial charge in [-0.15, -0.1) is 0 Å². The van der Waals surface area contributed by atoms with E-state index in [1.54, 1.807) is 0 Å². The second-order valence-corrected chi connectivity index (χ2v) is 7.04. The third-order valence-corrected chi connectivity index (χ3v) is 5.51. The van der Waals surface area contributed by atoms with E-state index in [2.05, 4.69) is 53.1 Å². The average Bonchev–Trinajstić information content (AvgIpc) is 3.21. The molecule has 0 atom stereocenters. The van der Waals surface area contributed by atoms with Crippen LogP contribution in [0.25, 0.3) is 22.0 Å². The smallest absolute Gasteiger partial charge is 0.231 e. The number of anilines is 1. The van der Waals surface area contributed by atoms with Gasteiger partial charge in [0.25, 0.3) is 0 Å². The summed E-state index contributed by atoms with van der Waals surface area (Å²) in [5.41, 5.74) is 2.03. The molecule has 0 amide bonds. The Kier molecular flexibility index (Phi) is 4.09. The Morgan fingerprint density at radius 1 is 0.926 bits per heavy atom. The van der Waals surface area contributed by atoms with Crippen molar-refractivity contribution < 1.29 is 9.47 Å². The summed E-state index contributed by atoms with van der Waals surface area (Å²) < 4.78 is 11.0. The topological polar surface area (TPSA) is 37.8 Å². The largest absolute Gasteiger partial charge is 0.454 e. The molecule has 0 bridgehead atoms. The molecule has 2 aliphatic rings. The van der Waals surface area contributed by atoms with Gasteiger partial charge < -0.3 is 19.3 Å². The van der Waals surface area contributed by atoms with Crippen molar-refractivity contribution in [2.75, 3.05) is 44.4 Å². The number of likely N-dealkylation sites (N-methyl/N-ethyl adjacent to an activating group) is 1. The van der Waals surface area contributed by atoms with Gasteiger partial charge in [0.1, 0.15) is 5.82 Å². The Labute approximate surface area is 159 Å². The summed E-state index contributed by atoms with van der Waals surface area (Å²) in [6.07, 6.45) is 0. The zero-order valence-corrected chi connectivity index (χ0v) is 15.5. The van der Waals surface area contributed by atoms with Crippen LogP contribution in [0.3, 0.4) is 0 Å². The first-order valence-electron chi connectivity index (χ1n) is 9.59. The number of fused-ring (bicyclic) bond motifs is 2. The molecule has 1 saturated heterocycles. The van der Waals surface area contributed by atoms with Crippen LogP contribution in [-0.2, 0) is 0 Å². The number of hydrogen-bond donors (Lipinski definition) is 0. The molecule has 5 heteroatoms. The lowest BCUT2D eigenvalue weighted by Crippen LogP contribution is -2.46. The Bertz CT molecular complexity index is 980. The van der Waals surface area contributed by atoms with Crippen LogP contribution in [0, 0.1) is 0 Å². The number of ether oxygens (including phenoxy) is 2. The number of pyridine rings is 1. The molecule has 2 aliphatic heterocycles. The number of rotatable bonds is 3. The minimum Gasteiger partial charge on any atom is -0.454 e. The molecule has 0 N–H and O–H groups in total. The molecule has 3 heterocycles. The summed E-state index contributed by atoms with van der Waals surface area (Å²) in [7, 11) is 0. The first-order valence-corrected chi connectivity index (χ1v) is 9.59. The molecule has 5 nitrogen and oxygen atoms in total. The van der Waals surface area contributed by atoms with Crippen LogP contribution in [0.4, 0.5) is 5.82 Å². The fourth-order valence-electron chi connectivity index (χ4n) is 3.90. The SMILES string of the molecule is CCN1CCN(c2nc(-c3ccc4c(c3)OCO4)cc3ccccc23)CC1. The quantitative estimate of drug-likeness (QED) is 0.710. The molecule has 138 valence electrons. The van der Waals surface area contributed by atoms with E-state index in [9.17, 15) is 0 Å². The third-order valence-electron chi connectivity index (χ3n) is 5.51. The standard InChI is InChI=1S/C22H23N3O2/c1-2-24-9-11-25(12-10-24)22-18-6-4-3-5-16(18)13-19(23-22)17-7-8-20-21(14-17)27-15-26-20/h3-8,13-14H,2,9-12,15H2,1H3. The van der Waals surface area contributed by atoms with Crippen molar-refractivity contribution in [3.8, 4) is 22.8 Å². The third kappa shape index (κ3) is 2.98. The molecule has 0 saturated carbocycles. The minimum absolute atomic E-state index is 0.289. The van der Waals surface area contributed by atoms with Crippen molar-refractivity contribution in [2.45, 2.75) is 6.92 Å². The van der Waals surface area contributed by atoms with Crippen LogP contribution in [0.2, 0.25) is 0 Å². The molecule has 3 aromatic rings. The minimum atomic E-state index is 0.289. The summed E-state index contributed by atoms with van der Waals surface area (Å²) in [5, 5.41) is 2.43. The van der Waals surface area contributed by atoms with Crippen LogP contribution in [0.1, 0.15) is 6.92 Å². The van der Waals surface area contributed by atoms with E-state index in [0.29, 0.717) is 0 Å². The maximum absolute atomic E-state index is 5.55. The fourth-order valence-corrected chi connectivity index (χ4v) is 3.90. The normalized spacial score (nSPS) is 16.9. The lowest BCUT2D eigenvalue weighted by Gasteiger charge is -2.35. The van der Waals surface area contributed by atoms with Crippen molar-refractivity contribution in [1.29, 1.82) is 0 Å². The van der Waals surface area contributed by atoms with E-state index in [1.165, 1.54) is 10.8 Å². The van der Waals surface area contributed by atoms with Crippen molar-refractivity contribution in [1.82, 2.24) is 9.88 Å². The van der Waals surface area contributed by atoms with Gasteiger partial charge in [-0.25, -0.2) is 4.98 Å². The zero-order valence-electron chi connectivity index (χ0n) is 15.5. The van der Waals surface area contributed by atoms with Crippen molar-refractivity contribution in [2.24, 2.45) is 0 Å². The molecule has 0 spiro atoms. The second kappa shape index (κ2) is 6.74. The monoisotopic (exact) mass is 361 g/mol. The van der Waals surface area contributed by atoms with Crippen LogP contribution in [0.15, 0.2) is 48.5 Å². The molecule has 0 unspecified atom stereocenters. The van der Waals surface area contributed by atoms with Crippen molar-refractivity contribution in [3.05, 3.63) is 48.5 Å². The predicted molar refractivity (Wildman–Crippen MR) is 108 cm³/mol. The van der Waals surface area contributed by atoms with E-state index < -0.39 is 0 Å². The molecule has 0 aliphatic carbocycles. The average molecular weight is 361 g/mol. The summed E-state index contributed by atoms with van der Waals surface area (Å²) in [6.45, 7) is 7.81. The first kappa shape index (κ1) is 16.4. The highest BCUT2D eigenvalue weighted by Crippen LogP contribution is 2.37. The van der Waals surface area contributed by atoms with Crippen molar-refractivity contribution in [3.63, 3.8) is 0 Å². The van der Waals surface area contributed by atoms with Crippen molar-refractivity contribution >= 4 is 16.6 Å². The van der Waals surface area contributed by atoms with Gasteiger partial charge >= 0.3 is 0 Å². The molecular formula is C22H23N3O2. The summed E-state index contributed by atoms with van der Waals surface area (Å²) in [4.78, 5) is 9.99. The number of nitrogens with zero attached hydrogens (tertiary/aromatic N) is 3. The molecule has 2 aromatic carbocycles. The van der Waals surface area contributed by atoms with Crippen LogP contribution < -0.4 is 14.4 Å². The predicted octanol–water partition coefficient (Wildman–Crippen LogP) is 3.77. The Balaban J connectivity index is 1.58. The number of benzene rings is 2.